The molecule has 0 fully saturated rings. The minimum atomic E-state index is -0.750. The van der Waals surface area contributed by atoms with Crippen molar-refractivity contribution in [3.8, 4) is 0 Å². The van der Waals surface area contributed by atoms with Crippen LogP contribution in [0.15, 0.2) is 30.5 Å². The monoisotopic (exact) mass is 263 g/mol. The number of carboxylic acids is 1. The van der Waals surface area contributed by atoms with Crippen LogP contribution in [0.3, 0.4) is 0 Å². The first-order valence-electron chi connectivity index (χ1n) is 6.96. The van der Waals surface area contributed by atoms with Crippen LogP contribution >= 0.6 is 0 Å². The topological polar surface area (TPSA) is 53.1 Å². The lowest BCUT2D eigenvalue weighted by Crippen LogP contribution is -2.11. The van der Waals surface area contributed by atoms with Gasteiger partial charge in [-0.15, -0.1) is 0 Å². The number of rotatable bonds is 3. The number of benzene rings is 1. The second-order valence-electron chi connectivity index (χ2n) is 3.80. The van der Waals surface area contributed by atoms with Crippen LogP contribution in [0.2, 0.25) is 0 Å². The minimum absolute atomic E-state index is 0.343. The van der Waals surface area contributed by atoms with Crippen molar-refractivity contribution >= 4 is 16.9 Å². The van der Waals surface area contributed by atoms with Gasteiger partial charge in [-0.05, 0) is 18.1 Å². The number of carboxylic acid groups (broad SMARTS) is 1. The van der Waals surface area contributed by atoms with Crippen LogP contribution in [0.1, 0.15) is 40.2 Å². The molecule has 0 saturated heterocycles. The third kappa shape index (κ3) is 4.78. The minimum Gasteiger partial charge on any atom is -0.481 e. The first-order valence-corrected chi connectivity index (χ1v) is 6.96. The molecule has 106 valence electrons. The molecule has 1 atom stereocenters. The number of fused-ring (bicyclic) bond motifs is 1. The van der Waals surface area contributed by atoms with Crippen LogP contribution in [-0.2, 0) is 11.2 Å². The zero-order valence-electron chi connectivity index (χ0n) is 12.5. The van der Waals surface area contributed by atoms with Crippen LogP contribution in [0.25, 0.3) is 10.9 Å². The summed E-state index contributed by atoms with van der Waals surface area (Å²) in [4.78, 5) is 13.9. The van der Waals surface area contributed by atoms with Crippen LogP contribution in [0, 0.1) is 5.92 Å². The maximum Gasteiger partial charge on any atom is 0.306 e. The second kappa shape index (κ2) is 9.20. The molecule has 3 heteroatoms. The van der Waals surface area contributed by atoms with E-state index in [1.54, 1.807) is 6.92 Å². The number of aromatic nitrogens is 1. The molecule has 1 aromatic heterocycles. The first-order chi connectivity index (χ1) is 9.18. The Morgan fingerprint density at radius 1 is 1.21 bits per heavy atom. The molecule has 0 aliphatic carbocycles. The predicted molar refractivity (Wildman–Crippen MR) is 81.5 cm³/mol. The molecule has 0 bridgehead atoms. The Hall–Kier alpha value is -1.77. The van der Waals surface area contributed by atoms with Crippen molar-refractivity contribution < 1.29 is 9.90 Å². The third-order valence-corrected chi connectivity index (χ3v) is 2.62. The number of para-hydroxylation sites is 1. The third-order valence-electron chi connectivity index (χ3n) is 2.62. The van der Waals surface area contributed by atoms with Crippen molar-refractivity contribution in [1.29, 1.82) is 0 Å². The van der Waals surface area contributed by atoms with E-state index in [4.69, 9.17) is 5.11 Å². The lowest BCUT2D eigenvalue weighted by atomic mass is 10.0. The van der Waals surface area contributed by atoms with Crippen LogP contribution in [-0.4, -0.2) is 16.1 Å². The lowest BCUT2D eigenvalue weighted by Gasteiger charge is -2.04. The molecule has 2 aromatic rings. The summed E-state index contributed by atoms with van der Waals surface area (Å²) in [6.45, 7) is 9.73. The first kappa shape index (κ1) is 17.2. The van der Waals surface area contributed by atoms with Gasteiger partial charge in [0.05, 0.1) is 5.92 Å². The van der Waals surface area contributed by atoms with Crippen LogP contribution < -0.4 is 0 Å². The van der Waals surface area contributed by atoms with Crippen molar-refractivity contribution in [2.24, 2.45) is 5.92 Å². The zero-order chi connectivity index (χ0) is 14.8. The average molecular weight is 263 g/mol. The van der Waals surface area contributed by atoms with Crippen LogP contribution in [0.4, 0.5) is 0 Å². The largest absolute Gasteiger partial charge is 0.481 e. The summed E-state index contributed by atoms with van der Waals surface area (Å²) in [5, 5.41) is 9.96. The summed E-state index contributed by atoms with van der Waals surface area (Å²) in [6, 6.07) is 7.92. The highest BCUT2D eigenvalue weighted by Crippen LogP contribution is 2.20. The molecule has 0 amide bonds. The van der Waals surface area contributed by atoms with Crippen molar-refractivity contribution in [3.05, 3.63) is 36.0 Å². The van der Waals surface area contributed by atoms with Gasteiger partial charge in [0.1, 0.15) is 0 Å². The second-order valence-corrected chi connectivity index (χ2v) is 3.80. The summed E-state index contributed by atoms with van der Waals surface area (Å²) in [5.41, 5.74) is 2.13. The van der Waals surface area contributed by atoms with Gasteiger partial charge in [-0.1, -0.05) is 52.8 Å². The van der Waals surface area contributed by atoms with Gasteiger partial charge in [-0.3, -0.25) is 4.79 Å². The molecule has 0 aliphatic heterocycles. The normalized spacial score (nSPS) is 10.8. The Morgan fingerprint density at radius 2 is 1.79 bits per heavy atom. The summed E-state index contributed by atoms with van der Waals surface area (Å²) in [7, 11) is 0. The summed E-state index contributed by atoms with van der Waals surface area (Å²) >= 11 is 0. The zero-order valence-corrected chi connectivity index (χ0v) is 12.5. The van der Waals surface area contributed by atoms with Crippen LogP contribution in [0.5, 0.6) is 0 Å². The smallest absolute Gasteiger partial charge is 0.306 e. The number of nitrogens with one attached hydrogen (secondary N) is 1. The van der Waals surface area contributed by atoms with E-state index >= 15 is 0 Å². The number of aliphatic carboxylic acids is 1. The molecule has 19 heavy (non-hydrogen) atoms. The standard InChI is InChI=1S/C12H13NO2.2C2H6/c1-8(12(14)15)6-9-7-13-11-5-3-2-4-10(9)11;2*1-2/h2-5,7-8,13H,6H2,1H3,(H,14,15);2*1-2H3. The number of hydrogen-bond donors (Lipinski definition) is 2. The number of aromatic amines is 1. The molecule has 2 rings (SSSR count). The Labute approximate surface area is 115 Å². The Kier molecular flexibility index (Phi) is 8.34. The van der Waals surface area contributed by atoms with Crippen molar-refractivity contribution in [1.82, 2.24) is 4.98 Å². The fraction of sp³-hybridized carbons (Fsp3) is 0.438. The molecule has 1 heterocycles. The maximum atomic E-state index is 10.8. The highest BCUT2D eigenvalue weighted by molar-refractivity contribution is 5.83. The van der Waals surface area contributed by atoms with E-state index in [2.05, 4.69) is 4.98 Å². The van der Waals surface area contributed by atoms with E-state index < -0.39 is 5.97 Å². The van der Waals surface area contributed by atoms with Gasteiger partial charge in [0, 0.05) is 17.1 Å². The number of carbonyl (C=O) groups is 1. The molecule has 1 unspecified atom stereocenters. The molecule has 0 saturated carbocycles. The van der Waals surface area contributed by atoms with E-state index in [0.717, 1.165) is 16.5 Å². The molecular weight excluding hydrogens is 238 g/mol. The molecule has 3 nitrogen and oxygen atoms in total. The molecular formula is C16H25NO2. The van der Waals surface area contributed by atoms with E-state index in [9.17, 15) is 4.79 Å². The van der Waals surface area contributed by atoms with Gasteiger partial charge in [0.25, 0.3) is 0 Å². The van der Waals surface area contributed by atoms with Gasteiger partial charge in [0.15, 0.2) is 0 Å². The highest BCUT2D eigenvalue weighted by Gasteiger charge is 2.13. The molecule has 0 spiro atoms. The maximum absolute atomic E-state index is 10.8. The van der Waals surface area contributed by atoms with E-state index in [1.807, 2.05) is 58.2 Å². The summed E-state index contributed by atoms with van der Waals surface area (Å²) < 4.78 is 0. The van der Waals surface area contributed by atoms with E-state index in [0.29, 0.717) is 6.42 Å². The fourth-order valence-corrected chi connectivity index (χ4v) is 1.72. The highest BCUT2D eigenvalue weighted by atomic mass is 16.4. The van der Waals surface area contributed by atoms with Gasteiger partial charge in [0.2, 0.25) is 0 Å². The lowest BCUT2D eigenvalue weighted by molar-refractivity contribution is -0.141. The molecule has 0 radical (unpaired) electrons. The Bertz CT molecular complexity index is 488. The molecule has 1 aromatic carbocycles. The predicted octanol–water partition coefficient (Wildman–Crippen LogP) is 4.48. The van der Waals surface area contributed by atoms with Crippen molar-refractivity contribution in [3.63, 3.8) is 0 Å². The fourth-order valence-electron chi connectivity index (χ4n) is 1.72. The van der Waals surface area contributed by atoms with Gasteiger partial charge in [-0.2, -0.15) is 0 Å². The van der Waals surface area contributed by atoms with Gasteiger partial charge < -0.3 is 10.1 Å². The summed E-state index contributed by atoms with van der Waals surface area (Å²) in [5.74, 6) is -1.09. The number of H-pyrrole nitrogens is 1. The Balaban J connectivity index is 0.000000741. The van der Waals surface area contributed by atoms with Gasteiger partial charge in [-0.25, -0.2) is 0 Å². The van der Waals surface area contributed by atoms with Crippen molar-refractivity contribution in [2.45, 2.75) is 41.0 Å². The average Bonchev–Trinajstić information content (AvgIpc) is 2.86. The van der Waals surface area contributed by atoms with Gasteiger partial charge >= 0.3 is 5.97 Å². The Morgan fingerprint density at radius 3 is 2.37 bits per heavy atom. The molecule has 2 N–H and O–H groups in total. The molecule has 0 aliphatic rings. The van der Waals surface area contributed by atoms with Crippen molar-refractivity contribution in [2.75, 3.05) is 0 Å². The quantitative estimate of drug-likeness (QED) is 0.857. The number of hydrogen-bond acceptors (Lipinski definition) is 1. The van der Waals surface area contributed by atoms with E-state index in [-0.39, 0.29) is 5.92 Å². The van der Waals surface area contributed by atoms with E-state index in [1.165, 1.54) is 0 Å². The SMILES string of the molecule is CC.CC.CC(Cc1c[nH]c2ccccc12)C(=O)O. The summed E-state index contributed by atoms with van der Waals surface area (Å²) in [6.07, 6.45) is 2.46.